The number of halogens is 2. The van der Waals surface area contributed by atoms with Gasteiger partial charge in [0.2, 0.25) is 0 Å². The maximum atomic E-state index is 10.9. The minimum absolute atomic E-state index is 0.113. The molecule has 0 radical (unpaired) electrons. The van der Waals surface area contributed by atoms with Crippen molar-refractivity contribution in [3.63, 3.8) is 0 Å². The summed E-state index contributed by atoms with van der Waals surface area (Å²) in [5.41, 5.74) is 2.54. The molecule has 0 spiro atoms. The van der Waals surface area contributed by atoms with Gasteiger partial charge in [-0.3, -0.25) is 9.36 Å². The first-order chi connectivity index (χ1) is 12.0. The number of para-hydroxylation sites is 1. The van der Waals surface area contributed by atoms with Gasteiger partial charge < -0.3 is 5.11 Å². The lowest BCUT2D eigenvalue weighted by Gasteiger charge is -2.13. The van der Waals surface area contributed by atoms with Crippen molar-refractivity contribution in [2.75, 3.05) is 5.75 Å². The molecule has 0 unspecified atom stereocenters. The van der Waals surface area contributed by atoms with Gasteiger partial charge in [0, 0.05) is 10.6 Å². The lowest BCUT2D eigenvalue weighted by Crippen LogP contribution is -2.04. The van der Waals surface area contributed by atoms with Gasteiger partial charge in [0.1, 0.15) is 0 Å². The van der Waals surface area contributed by atoms with Gasteiger partial charge in [-0.25, -0.2) is 0 Å². The molecule has 0 aliphatic carbocycles. The van der Waals surface area contributed by atoms with Crippen LogP contribution < -0.4 is 0 Å². The molecule has 0 aliphatic heterocycles. The van der Waals surface area contributed by atoms with E-state index in [-0.39, 0.29) is 5.75 Å². The lowest BCUT2D eigenvalue weighted by atomic mass is 10.1. The number of benzene rings is 2. The molecule has 0 bridgehead atoms. The highest BCUT2D eigenvalue weighted by Gasteiger charge is 2.20. The fraction of sp³-hybridized carbons (Fsp3) is 0.118. The topological polar surface area (TPSA) is 68.0 Å². The number of aliphatic carboxylic acids is 1. The van der Waals surface area contributed by atoms with Crippen LogP contribution in [0.25, 0.3) is 17.1 Å². The van der Waals surface area contributed by atoms with Crippen molar-refractivity contribution in [3.8, 4) is 17.1 Å². The maximum absolute atomic E-state index is 10.9. The minimum Gasteiger partial charge on any atom is -0.481 e. The fourth-order valence-electron chi connectivity index (χ4n) is 2.37. The SMILES string of the molecule is Cc1ccccc1-n1c(SCC(=O)O)nnc1-c1ccc(Cl)cc1Cl. The summed E-state index contributed by atoms with van der Waals surface area (Å²) in [6.07, 6.45) is 0. The second-order valence-electron chi connectivity index (χ2n) is 5.23. The van der Waals surface area contributed by atoms with E-state index >= 15 is 0 Å². The van der Waals surface area contributed by atoms with Crippen LogP contribution in [0.5, 0.6) is 0 Å². The van der Waals surface area contributed by atoms with Crippen molar-refractivity contribution in [2.24, 2.45) is 0 Å². The molecular weight excluding hydrogens is 381 g/mol. The molecule has 8 heteroatoms. The Morgan fingerprint density at radius 1 is 1.20 bits per heavy atom. The molecule has 1 heterocycles. The van der Waals surface area contributed by atoms with Gasteiger partial charge in [0.15, 0.2) is 11.0 Å². The van der Waals surface area contributed by atoms with Gasteiger partial charge in [0.05, 0.1) is 16.5 Å². The Labute approximate surface area is 158 Å². The summed E-state index contributed by atoms with van der Waals surface area (Å²) >= 11 is 13.4. The summed E-state index contributed by atoms with van der Waals surface area (Å²) in [4.78, 5) is 10.9. The second kappa shape index (κ2) is 7.47. The third-order valence-electron chi connectivity index (χ3n) is 3.49. The highest BCUT2D eigenvalue weighted by molar-refractivity contribution is 7.99. The van der Waals surface area contributed by atoms with Crippen LogP contribution in [0.1, 0.15) is 5.56 Å². The molecule has 0 saturated heterocycles. The predicted molar refractivity (Wildman–Crippen MR) is 99.9 cm³/mol. The fourth-order valence-corrected chi connectivity index (χ4v) is 3.52. The molecule has 1 aromatic heterocycles. The zero-order chi connectivity index (χ0) is 18.0. The first-order valence-electron chi connectivity index (χ1n) is 7.29. The van der Waals surface area contributed by atoms with Crippen LogP contribution >= 0.6 is 35.0 Å². The number of hydrogen-bond acceptors (Lipinski definition) is 4. The van der Waals surface area contributed by atoms with Crippen LogP contribution in [0.15, 0.2) is 47.6 Å². The Balaban J connectivity index is 2.19. The Morgan fingerprint density at radius 3 is 2.64 bits per heavy atom. The molecule has 3 rings (SSSR count). The number of nitrogens with zero attached hydrogens (tertiary/aromatic N) is 3. The third-order valence-corrected chi connectivity index (χ3v) is 4.95. The lowest BCUT2D eigenvalue weighted by molar-refractivity contribution is -0.133. The average molecular weight is 394 g/mol. The van der Waals surface area contributed by atoms with Gasteiger partial charge in [-0.1, -0.05) is 53.2 Å². The first-order valence-corrected chi connectivity index (χ1v) is 9.03. The summed E-state index contributed by atoms with van der Waals surface area (Å²) < 4.78 is 1.82. The standard InChI is InChI=1S/C17H13Cl2N3O2S/c1-10-4-2-3-5-14(10)22-16(12-7-6-11(18)8-13(12)19)20-21-17(22)25-9-15(23)24/h2-8H,9H2,1H3,(H,23,24). The zero-order valence-corrected chi connectivity index (χ0v) is 15.4. The van der Waals surface area contributed by atoms with Crippen LogP contribution in [0, 0.1) is 6.92 Å². The van der Waals surface area contributed by atoms with Crippen molar-refractivity contribution < 1.29 is 9.90 Å². The summed E-state index contributed by atoms with van der Waals surface area (Å²) in [5, 5.41) is 18.8. The van der Waals surface area contributed by atoms with E-state index in [1.165, 1.54) is 0 Å². The zero-order valence-electron chi connectivity index (χ0n) is 13.1. The summed E-state index contributed by atoms with van der Waals surface area (Å²) in [6, 6.07) is 12.9. The van der Waals surface area contributed by atoms with Gasteiger partial charge in [-0.2, -0.15) is 0 Å². The van der Waals surface area contributed by atoms with Gasteiger partial charge in [-0.05, 0) is 36.8 Å². The largest absolute Gasteiger partial charge is 0.481 e. The van der Waals surface area contributed by atoms with E-state index in [0.29, 0.717) is 26.6 Å². The molecule has 5 nitrogen and oxygen atoms in total. The number of aromatic nitrogens is 3. The molecule has 2 aromatic carbocycles. The highest BCUT2D eigenvalue weighted by atomic mass is 35.5. The van der Waals surface area contributed by atoms with Crippen molar-refractivity contribution in [1.29, 1.82) is 0 Å². The van der Waals surface area contributed by atoms with Crippen molar-refractivity contribution in [3.05, 3.63) is 58.1 Å². The normalized spacial score (nSPS) is 10.8. The highest BCUT2D eigenvalue weighted by Crippen LogP contribution is 2.34. The van der Waals surface area contributed by atoms with E-state index in [0.717, 1.165) is 23.0 Å². The van der Waals surface area contributed by atoms with Crippen molar-refractivity contribution in [2.45, 2.75) is 12.1 Å². The average Bonchev–Trinajstić information content (AvgIpc) is 2.97. The third kappa shape index (κ3) is 3.81. The number of carbonyl (C=O) groups is 1. The van der Waals surface area contributed by atoms with E-state index in [1.54, 1.807) is 18.2 Å². The maximum Gasteiger partial charge on any atom is 0.313 e. The number of hydrogen-bond donors (Lipinski definition) is 1. The second-order valence-corrected chi connectivity index (χ2v) is 7.02. The summed E-state index contributed by atoms with van der Waals surface area (Å²) in [6.45, 7) is 1.97. The van der Waals surface area contributed by atoms with E-state index in [1.807, 2.05) is 35.8 Å². The molecule has 128 valence electrons. The number of carboxylic acids is 1. The predicted octanol–water partition coefficient (Wildman–Crippen LogP) is 4.73. The first kappa shape index (κ1) is 17.8. The van der Waals surface area contributed by atoms with Gasteiger partial charge in [-0.15, -0.1) is 10.2 Å². The number of rotatable bonds is 5. The van der Waals surface area contributed by atoms with Gasteiger partial charge in [0.25, 0.3) is 0 Å². The summed E-state index contributed by atoms with van der Waals surface area (Å²) in [5.74, 6) is -0.502. The molecule has 0 atom stereocenters. The molecule has 0 saturated carbocycles. The van der Waals surface area contributed by atoms with Gasteiger partial charge >= 0.3 is 5.97 Å². The van der Waals surface area contributed by atoms with E-state index < -0.39 is 5.97 Å². The van der Waals surface area contributed by atoms with Crippen LogP contribution in [0.2, 0.25) is 10.0 Å². The van der Waals surface area contributed by atoms with Crippen LogP contribution in [0.3, 0.4) is 0 Å². The molecule has 3 aromatic rings. The smallest absolute Gasteiger partial charge is 0.313 e. The monoisotopic (exact) mass is 393 g/mol. The number of thioether (sulfide) groups is 1. The van der Waals surface area contributed by atoms with Crippen LogP contribution in [-0.2, 0) is 4.79 Å². The van der Waals surface area contributed by atoms with E-state index in [2.05, 4.69) is 10.2 Å². The quantitative estimate of drug-likeness (QED) is 0.634. The van der Waals surface area contributed by atoms with Crippen molar-refractivity contribution >= 4 is 40.9 Å². The number of carboxylic acid groups (broad SMARTS) is 1. The number of aryl methyl sites for hydroxylation is 1. The Kier molecular flexibility index (Phi) is 5.32. The van der Waals surface area contributed by atoms with Crippen molar-refractivity contribution in [1.82, 2.24) is 14.8 Å². The molecule has 0 fully saturated rings. The molecule has 0 aliphatic rings. The molecule has 0 amide bonds. The Bertz CT molecular complexity index is 943. The summed E-state index contributed by atoms with van der Waals surface area (Å²) in [7, 11) is 0. The van der Waals surface area contributed by atoms with Crippen LogP contribution in [-0.4, -0.2) is 31.6 Å². The molecular formula is C17H13Cl2N3O2S. The molecule has 1 N–H and O–H groups in total. The minimum atomic E-state index is -0.921. The molecule has 25 heavy (non-hydrogen) atoms. The Morgan fingerprint density at radius 2 is 1.96 bits per heavy atom. The van der Waals surface area contributed by atoms with Crippen LogP contribution in [0.4, 0.5) is 0 Å². The van der Waals surface area contributed by atoms with E-state index in [4.69, 9.17) is 28.3 Å². The van der Waals surface area contributed by atoms with E-state index in [9.17, 15) is 4.79 Å². The Hall–Kier alpha value is -2.02.